The summed E-state index contributed by atoms with van der Waals surface area (Å²) in [6.45, 7) is 0. The molecule has 0 aliphatic rings. The van der Waals surface area contributed by atoms with Crippen molar-refractivity contribution in [1.82, 2.24) is 4.98 Å². The minimum absolute atomic E-state index is 0.597. The molecule has 1 aromatic carbocycles. The average Bonchev–Trinajstić information content (AvgIpc) is 2.65. The Morgan fingerprint density at radius 2 is 2.21 bits per heavy atom. The SMILES string of the molecule is ClCCC#Cc1ccc2[nH]ccc2c1. The van der Waals surface area contributed by atoms with E-state index in [1.807, 2.05) is 24.4 Å². The third kappa shape index (κ3) is 1.92. The Morgan fingerprint density at radius 1 is 1.29 bits per heavy atom. The van der Waals surface area contributed by atoms with E-state index in [1.165, 1.54) is 5.39 Å². The van der Waals surface area contributed by atoms with E-state index in [0.29, 0.717) is 5.88 Å². The Balaban J connectivity index is 2.31. The fourth-order valence-corrected chi connectivity index (χ4v) is 1.44. The fraction of sp³-hybridized carbons (Fsp3) is 0.167. The summed E-state index contributed by atoms with van der Waals surface area (Å²) in [5.74, 6) is 6.69. The lowest BCUT2D eigenvalue weighted by molar-refractivity contribution is 1.29. The van der Waals surface area contributed by atoms with Crippen LogP contribution >= 0.6 is 11.6 Å². The van der Waals surface area contributed by atoms with Crippen LogP contribution in [0.15, 0.2) is 30.5 Å². The van der Waals surface area contributed by atoms with E-state index < -0.39 is 0 Å². The molecule has 2 aromatic rings. The van der Waals surface area contributed by atoms with Crippen LogP contribution < -0.4 is 0 Å². The first-order chi connectivity index (χ1) is 6.90. The van der Waals surface area contributed by atoms with E-state index in [1.54, 1.807) is 0 Å². The standard InChI is InChI=1S/C12H10ClN/c13-7-2-1-3-10-4-5-12-11(9-10)6-8-14-12/h4-6,8-9,14H,2,7H2. The Kier molecular flexibility index (Phi) is 2.76. The highest BCUT2D eigenvalue weighted by molar-refractivity contribution is 6.18. The van der Waals surface area contributed by atoms with E-state index >= 15 is 0 Å². The van der Waals surface area contributed by atoms with Crippen molar-refractivity contribution in [3.8, 4) is 11.8 Å². The number of halogens is 1. The molecule has 1 nitrogen and oxygen atoms in total. The number of benzene rings is 1. The maximum atomic E-state index is 5.54. The quantitative estimate of drug-likeness (QED) is 0.542. The van der Waals surface area contributed by atoms with Crippen LogP contribution in [0.25, 0.3) is 10.9 Å². The molecule has 1 aromatic heterocycles. The monoisotopic (exact) mass is 203 g/mol. The molecule has 0 amide bonds. The second-order valence-corrected chi connectivity index (χ2v) is 3.40. The van der Waals surface area contributed by atoms with Crippen molar-refractivity contribution in [3.63, 3.8) is 0 Å². The number of H-pyrrole nitrogens is 1. The molecule has 1 N–H and O–H groups in total. The molecule has 1 heterocycles. The van der Waals surface area contributed by atoms with Gasteiger partial charge in [0.25, 0.3) is 0 Å². The van der Waals surface area contributed by atoms with Gasteiger partial charge in [0.15, 0.2) is 0 Å². The largest absolute Gasteiger partial charge is 0.361 e. The van der Waals surface area contributed by atoms with Crippen molar-refractivity contribution in [2.24, 2.45) is 0 Å². The normalized spacial score (nSPS) is 9.79. The summed E-state index contributed by atoms with van der Waals surface area (Å²) < 4.78 is 0. The summed E-state index contributed by atoms with van der Waals surface area (Å²) in [7, 11) is 0. The Bertz CT molecular complexity index is 487. The molecule has 0 spiro atoms. The molecule has 0 atom stereocenters. The molecule has 0 bridgehead atoms. The Morgan fingerprint density at radius 3 is 3.07 bits per heavy atom. The van der Waals surface area contributed by atoms with E-state index in [0.717, 1.165) is 17.5 Å². The lowest BCUT2D eigenvalue weighted by Crippen LogP contribution is -1.75. The van der Waals surface area contributed by atoms with Gasteiger partial charge in [-0.25, -0.2) is 0 Å². The summed E-state index contributed by atoms with van der Waals surface area (Å²) in [5, 5.41) is 1.20. The van der Waals surface area contributed by atoms with E-state index in [9.17, 15) is 0 Å². The zero-order valence-electron chi connectivity index (χ0n) is 7.68. The minimum Gasteiger partial charge on any atom is -0.361 e. The van der Waals surface area contributed by atoms with Gasteiger partial charge in [-0.15, -0.1) is 11.6 Å². The highest BCUT2D eigenvalue weighted by Gasteiger charge is 1.93. The molecule has 0 aliphatic carbocycles. The third-order valence-electron chi connectivity index (χ3n) is 2.01. The molecule has 0 saturated carbocycles. The van der Waals surface area contributed by atoms with Crippen LogP contribution in [0.5, 0.6) is 0 Å². The van der Waals surface area contributed by atoms with Gasteiger partial charge in [-0.3, -0.25) is 0 Å². The van der Waals surface area contributed by atoms with Crippen LogP contribution in [-0.4, -0.2) is 10.9 Å². The summed E-state index contributed by atoms with van der Waals surface area (Å²) >= 11 is 5.54. The van der Waals surface area contributed by atoms with Gasteiger partial charge in [0, 0.05) is 35.0 Å². The molecular formula is C12H10ClN. The number of hydrogen-bond acceptors (Lipinski definition) is 0. The molecule has 0 unspecified atom stereocenters. The zero-order valence-corrected chi connectivity index (χ0v) is 8.43. The van der Waals surface area contributed by atoms with E-state index in [4.69, 9.17) is 11.6 Å². The summed E-state index contributed by atoms with van der Waals surface area (Å²) in [4.78, 5) is 3.14. The molecular weight excluding hydrogens is 194 g/mol. The van der Waals surface area contributed by atoms with Gasteiger partial charge in [0.05, 0.1) is 0 Å². The number of hydrogen-bond donors (Lipinski definition) is 1. The summed E-state index contributed by atoms with van der Waals surface area (Å²) in [6.07, 6.45) is 2.67. The Labute approximate surface area is 88.1 Å². The average molecular weight is 204 g/mol. The second-order valence-electron chi connectivity index (χ2n) is 3.02. The van der Waals surface area contributed by atoms with Crippen LogP contribution in [-0.2, 0) is 0 Å². The maximum Gasteiger partial charge on any atom is 0.0454 e. The number of alkyl halides is 1. The van der Waals surface area contributed by atoms with Gasteiger partial charge in [-0.2, -0.15) is 0 Å². The highest BCUT2D eigenvalue weighted by atomic mass is 35.5. The number of nitrogens with one attached hydrogen (secondary N) is 1. The summed E-state index contributed by atoms with van der Waals surface area (Å²) in [5.41, 5.74) is 2.19. The van der Waals surface area contributed by atoms with Gasteiger partial charge in [0.2, 0.25) is 0 Å². The molecule has 0 radical (unpaired) electrons. The molecule has 0 saturated heterocycles. The van der Waals surface area contributed by atoms with Gasteiger partial charge in [-0.05, 0) is 24.3 Å². The van der Waals surface area contributed by atoms with Crippen molar-refractivity contribution < 1.29 is 0 Å². The van der Waals surface area contributed by atoms with Crippen LogP contribution in [0.2, 0.25) is 0 Å². The number of rotatable bonds is 1. The van der Waals surface area contributed by atoms with E-state index in [-0.39, 0.29) is 0 Å². The lowest BCUT2D eigenvalue weighted by Gasteiger charge is -1.91. The first kappa shape index (κ1) is 9.18. The zero-order chi connectivity index (χ0) is 9.80. The first-order valence-electron chi connectivity index (χ1n) is 4.52. The maximum absolute atomic E-state index is 5.54. The van der Waals surface area contributed by atoms with Crippen LogP contribution in [0.3, 0.4) is 0 Å². The smallest absolute Gasteiger partial charge is 0.0454 e. The van der Waals surface area contributed by atoms with Gasteiger partial charge in [0.1, 0.15) is 0 Å². The van der Waals surface area contributed by atoms with Crippen LogP contribution in [0.4, 0.5) is 0 Å². The fourth-order valence-electron chi connectivity index (χ4n) is 1.34. The Hall–Kier alpha value is -1.39. The van der Waals surface area contributed by atoms with E-state index in [2.05, 4.69) is 22.9 Å². The number of aromatic nitrogens is 1. The van der Waals surface area contributed by atoms with Crippen molar-refractivity contribution in [3.05, 3.63) is 36.0 Å². The number of fused-ring (bicyclic) bond motifs is 1. The molecule has 14 heavy (non-hydrogen) atoms. The second kappa shape index (κ2) is 4.21. The molecule has 2 heteroatoms. The predicted octanol–water partition coefficient (Wildman–Crippen LogP) is 3.15. The van der Waals surface area contributed by atoms with Crippen molar-refractivity contribution in [2.75, 3.05) is 5.88 Å². The molecule has 70 valence electrons. The van der Waals surface area contributed by atoms with Crippen LogP contribution in [0, 0.1) is 11.8 Å². The predicted molar refractivity (Wildman–Crippen MR) is 60.5 cm³/mol. The first-order valence-corrected chi connectivity index (χ1v) is 5.05. The topological polar surface area (TPSA) is 15.8 Å². The molecule has 2 rings (SSSR count). The third-order valence-corrected chi connectivity index (χ3v) is 2.19. The summed E-state index contributed by atoms with van der Waals surface area (Å²) in [6, 6.07) is 8.18. The van der Waals surface area contributed by atoms with Gasteiger partial charge >= 0.3 is 0 Å². The van der Waals surface area contributed by atoms with Crippen molar-refractivity contribution in [1.29, 1.82) is 0 Å². The minimum atomic E-state index is 0.597. The lowest BCUT2D eigenvalue weighted by atomic mass is 10.1. The molecule has 0 fully saturated rings. The molecule has 0 aliphatic heterocycles. The highest BCUT2D eigenvalue weighted by Crippen LogP contribution is 2.13. The van der Waals surface area contributed by atoms with Crippen molar-refractivity contribution >= 4 is 22.5 Å². The van der Waals surface area contributed by atoms with Crippen LogP contribution in [0.1, 0.15) is 12.0 Å². The van der Waals surface area contributed by atoms with Gasteiger partial charge < -0.3 is 4.98 Å². The van der Waals surface area contributed by atoms with Crippen molar-refractivity contribution in [2.45, 2.75) is 6.42 Å². The van der Waals surface area contributed by atoms with Gasteiger partial charge in [-0.1, -0.05) is 11.8 Å². The number of aromatic amines is 1.